The van der Waals surface area contributed by atoms with Gasteiger partial charge >= 0.3 is 0 Å². The number of nitrogens with one attached hydrogen (secondary N) is 1. The van der Waals surface area contributed by atoms with E-state index in [1.54, 1.807) is 4.90 Å². The molecule has 2 amide bonds. The van der Waals surface area contributed by atoms with Gasteiger partial charge in [-0.2, -0.15) is 0 Å². The van der Waals surface area contributed by atoms with Crippen molar-refractivity contribution in [3.8, 4) is 0 Å². The Hall–Kier alpha value is -1.10. The third kappa shape index (κ3) is 2.48. The van der Waals surface area contributed by atoms with E-state index in [4.69, 9.17) is 5.73 Å². The van der Waals surface area contributed by atoms with Crippen LogP contribution < -0.4 is 11.1 Å². The van der Waals surface area contributed by atoms with E-state index in [1.165, 1.54) is 0 Å². The molecule has 2 rings (SSSR count). The van der Waals surface area contributed by atoms with Gasteiger partial charge in [0.05, 0.1) is 5.41 Å². The summed E-state index contributed by atoms with van der Waals surface area (Å²) in [6, 6.07) is -0.405. The van der Waals surface area contributed by atoms with Crippen LogP contribution in [0.1, 0.15) is 39.5 Å². The van der Waals surface area contributed by atoms with E-state index in [0.29, 0.717) is 19.5 Å². The number of amides is 2. The smallest absolute Gasteiger partial charge is 0.240 e. The van der Waals surface area contributed by atoms with Crippen molar-refractivity contribution in [1.82, 2.24) is 10.2 Å². The summed E-state index contributed by atoms with van der Waals surface area (Å²) in [4.78, 5) is 26.3. The normalized spacial score (nSPS) is 31.7. The van der Waals surface area contributed by atoms with Crippen molar-refractivity contribution in [2.45, 2.75) is 45.6 Å². The van der Waals surface area contributed by atoms with Crippen molar-refractivity contribution in [2.75, 3.05) is 19.6 Å². The summed E-state index contributed by atoms with van der Waals surface area (Å²) in [5, 5.41) is 3.29. The fourth-order valence-electron chi connectivity index (χ4n) is 3.39. The van der Waals surface area contributed by atoms with Crippen molar-refractivity contribution in [2.24, 2.45) is 17.1 Å². The van der Waals surface area contributed by atoms with Crippen molar-refractivity contribution in [3.05, 3.63) is 0 Å². The predicted octanol–water partition coefficient (Wildman–Crippen LogP) is 0.489. The molecule has 2 aliphatic rings. The van der Waals surface area contributed by atoms with Crippen LogP contribution in [0.5, 0.6) is 0 Å². The molecule has 0 aromatic heterocycles. The highest BCUT2D eigenvalue weighted by Crippen LogP contribution is 2.37. The highest BCUT2D eigenvalue weighted by Gasteiger charge is 2.48. The number of primary amides is 1. The second kappa shape index (κ2) is 5.49. The molecular formula is C14H25N3O2. The first-order valence-electron chi connectivity index (χ1n) is 7.30. The van der Waals surface area contributed by atoms with E-state index >= 15 is 0 Å². The second-order valence-corrected chi connectivity index (χ2v) is 6.15. The minimum absolute atomic E-state index is 0.121. The Kier molecular flexibility index (Phi) is 4.13. The third-order valence-electron chi connectivity index (χ3n) is 4.81. The Morgan fingerprint density at radius 3 is 2.63 bits per heavy atom. The van der Waals surface area contributed by atoms with Crippen LogP contribution in [0, 0.1) is 11.3 Å². The van der Waals surface area contributed by atoms with Gasteiger partial charge in [-0.1, -0.05) is 13.8 Å². The molecule has 0 saturated carbocycles. The van der Waals surface area contributed by atoms with E-state index < -0.39 is 6.04 Å². The average molecular weight is 267 g/mol. The molecule has 5 nitrogen and oxygen atoms in total. The van der Waals surface area contributed by atoms with Crippen LogP contribution in [0.15, 0.2) is 0 Å². The topological polar surface area (TPSA) is 75.4 Å². The molecule has 2 unspecified atom stereocenters. The van der Waals surface area contributed by atoms with Gasteiger partial charge in [-0.3, -0.25) is 9.59 Å². The fraction of sp³-hybridized carbons (Fsp3) is 0.857. The summed E-state index contributed by atoms with van der Waals surface area (Å²) in [5.74, 6) is 0.0272. The van der Waals surface area contributed by atoms with Crippen LogP contribution in [0.25, 0.3) is 0 Å². The third-order valence-corrected chi connectivity index (χ3v) is 4.81. The quantitative estimate of drug-likeness (QED) is 0.781. The molecule has 2 fully saturated rings. The zero-order valence-corrected chi connectivity index (χ0v) is 11.9. The number of nitrogens with zero attached hydrogens (tertiary/aromatic N) is 1. The molecule has 0 bridgehead atoms. The fourth-order valence-corrected chi connectivity index (χ4v) is 3.39. The summed E-state index contributed by atoms with van der Waals surface area (Å²) in [7, 11) is 0. The van der Waals surface area contributed by atoms with Crippen LogP contribution in [0.3, 0.4) is 0 Å². The Balaban J connectivity index is 2.23. The molecule has 2 heterocycles. The number of hydrogen-bond acceptors (Lipinski definition) is 3. The lowest BCUT2D eigenvalue weighted by atomic mass is 9.74. The number of nitrogens with two attached hydrogens (primary N) is 1. The van der Waals surface area contributed by atoms with Gasteiger partial charge in [-0.05, 0) is 38.1 Å². The van der Waals surface area contributed by atoms with Crippen LogP contribution in [-0.4, -0.2) is 42.4 Å². The summed E-state index contributed by atoms with van der Waals surface area (Å²) in [5.41, 5.74) is 5.11. The monoisotopic (exact) mass is 267 g/mol. The maximum atomic E-state index is 13.0. The predicted molar refractivity (Wildman–Crippen MR) is 73.3 cm³/mol. The van der Waals surface area contributed by atoms with E-state index in [2.05, 4.69) is 19.2 Å². The number of likely N-dealkylation sites (tertiary alicyclic amines) is 1. The zero-order valence-electron chi connectivity index (χ0n) is 11.9. The second-order valence-electron chi connectivity index (χ2n) is 6.15. The number of hydrogen-bond donors (Lipinski definition) is 2. The van der Waals surface area contributed by atoms with E-state index in [-0.39, 0.29) is 23.1 Å². The molecule has 5 heteroatoms. The molecule has 19 heavy (non-hydrogen) atoms. The molecule has 2 saturated heterocycles. The molecule has 0 aliphatic carbocycles. The molecule has 0 spiro atoms. The number of piperidine rings is 1. The number of rotatable bonds is 3. The maximum absolute atomic E-state index is 13.0. The molecule has 108 valence electrons. The van der Waals surface area contributed by atoms with Crippen LogP contribution in [0.2, 0.25) is 0 Å². The lowest BCUT2D eigenvalue weighted by Crippen LogP contribution is -2.57. The van der Waals surface area contributed by atoms with Gasteiger partial charge in [0.25, 0.3) is 0 Å². The summed E-state index contributed by atoms with van der Waals surface area (Å²) in [6.45, 7) is 6.44. The van der Waals surface area contributed by atoms with E-state index in [9.17, 15) is 9.59 Å². The van der Waals surface area contributed by atoms with Crippen molar-refractivity contribution in [1.29, 1.82) is 0 Å². The van der Waals surface area contributed by atoms with Crippen molar-refractivity contribution in [3.63, 3.8) is 0 Å². The largest absolute Gasteiger partial charge is 0.368 e. The highest BCUT2D eigenvalue weighted by molar-refractivity contribution is 5.90. The highest BCUT2D eigenvalue weighted by atomic mass is 16.2. The van der Waals surface area contributed by atoms with Gasteiger partial charge in [-0.25, -0.2) is 0 Å². The van der Waals surface area contributed by atoms with Gasteiger partial charge in [0.1, 0.15) is 6.04 Å². The van der Waals surface area contributed by atoms with Crippen molar-refractivity contribution >= 4 is 11.8 Å². The first kappa shape index (κ1) is 14.3. The average Bonchev–Trinajstić information content (AvgIpc) is 2.88. The molecule has 0 radical (unpaired) electrons. The first-order valence-corrected chi connectivity index (χ1v) is 7.30. The summed E-state index contributed by atoms with van der Waals surface area (Å²) >= 11 is 0. The molecule has 2 atom stereocenters. The van der Waals surface area contributed by atoms with Crippen LogP contribution >= 0.6 is 0 Å². The molecule has 0 aromatic rings. The van der Waals surface area contributed by atoms with Gasteiger partial charge in [-0.15, -0.1) is 0 Å². The SMILES string of the molecule is CC(C)C1(C(=O)N2CCCCC2C(N)=O)CCNC1. The maximum Gasteiger partial charge on any atom is 0.240 e. The van der Waals surface area contributed by atoms with Crippen molar-refractivity contribution < 1.29 is 9.59 Å². The number of carbonyl (C=O) groups excluding carboxylic acids is 2. The molecular weight excluding hydrogens is 242 g/mol. The number of carbonyl (C=O) groups is 2. The minimum Gasteiger partial charge on any atom is -0.368 e. The van der Waals surface area contributed by atoms with Gasteiger partial charge in [0.15, 0.2) is 0 Å². The Labute approximate surface area is 114 Å². The van der Waals surface area contributed by atoms with E-state index in [0.717, 1.165) is 25.8 Å². The van der Waals surface area contributed by atoms with Crippen LogP contribution in [0.4, 0.5) is 0 Å². The van der Waals surface area contributed by atoms with Gasteiger partial charge in [0.2, 0.25) is 11.8 Å². The van der Waals surface area contributed by atoms with Crippen LogP contribution in [-0.2, 0) is 9.59 Å². The standard InChI is InChI=1S/C14H25N3O2/c1-10(2)14(6-7-16-9-14)13(19)17-8-4-3-5-11(17)12(15)18/h10-11,16H,3-9H2,1-2H3,(H2,15,18). The zero-order chi connectivity index (χ0) is 14.0. The van der Waals surface area contributed by atoms with Gasteiger partial charge < -0.3 is 16.0 Å². The first-order chi connectivity index (χ1) is 8.99. The molecule has 0 aromatic carbocycles. The summed E-state index contributed by atoms with van der Waals surface area (Å²) < 4.78 is 0. The lowest BCUT2D eigenvalue weighted by molar-refractivity contribution is -0.151. The summed E-state index contributed by atoms with van der Waals surface area (Å²) in [6.07, 6.45) is 3.51. The Morgan fingerprint density at radius 1 is 1.37 bits per heavy atom. The Morgan fingerprint density at radius 2 is 2.11 bits per heavy atom. The lowest BCUT2D eigenvalue weighted by Gasteiger charge is -2.41. The minimum atomic E-state index is -0.405. The molecule has 3 N–H and O–H groups in total. The molecule has 2 aliphatic heterocycles. The van der Waals surface area contributed by atoms with Gasteiger partial charge in [0, 0.05) is 13.1 Å². The van der Waals surface area contributed by atoms with E-state index in [1.807, 2.05) is 0 Å². The Bertz CT molecular complexity index is 362.